The molecule has 10 heteroatoms. The van der Waals surface area contributed by atoms with Crippen LogP contribution < -0.4 is 10.7 Å². The molecule has 1 heterocycles. The maximum absolute atomic E-state index is 12.3. The van der Waals surface area contributed by atoms with Crippen molar-refractivity contribution in [3.05, 3.63) is 45.8 Å². The molecule has 0 unspecified atom stereocenters. The van der Waals surface area contributed by atoms with Gasteiger partial charge in [0.1, 0.15) is 15.6 Å². The molecule has 29 heavy (non-hydrogen) atoms. The van der Waals surface area contributed by atoms with Crippen molar-refractivity contribution < 1.29 is 29.0 Å². The SMILES string of the molecule is CCOC(=O)c1sc(NC(=O)NN=Cc2ccc(O)cc2)c(C(=O)OCC)c1C. The molecule has 0 saturated heterocycles. The predicted octanol–water partition coefficient (Wildman–Crippen LogP) is 3.27. The lowest BCUT2D eigenvalue weighted by molar-refractivity contribution is 0.0527. The molecule has 0 bridgehead atoms. The maximum Gasteiger partial charge on any atom is 0.348 e. The third-order valence-corrected chi connectivity index (χ3v) is 4.77. The zero-order valence-electron chi connectivity index (χ0n) is 16.1. The van der Waals surface area contributed by atoms with Gasteiger partial charge in [0, 0.05) is 0 Å². The molecule has 2 aromatic rings. The molecule has 9 nitrogen and oxygen atoms in total. The number of amides is 2. The van der Waals surface area contributed by atoms with Crippen molar-refractivity contribution in [1.29, 1.82) is 0 Å². The number of hydrogen-bond acceptors (Lipinski definition) is 8. The summed E-state index contributed by atoms with van der Waals surface area (Å²) in [4.78, 5) is 36.8. The van der Waals surface area contributed by atoms with Gasteiger partial charge < -0.3 is 14.6 Å². The first kappa shape index (κ1) is 21.9. The molecule has 0 aliphatic carbocycles. The van der Waals surface area contributed by atoms with Crippen LogP contribution >= 0.6 is 11.3 Å². The van der Waals surface area contributed by atoms with Gasteiger partial charge in [-0.3, -0.25) is 5.32 Å². The number of thiophene rings is 1. The minimum Gasteiger partial charge on any atom is -0.508 e. The van der Waals surface area contributed by atoms with Crippen LogP contribution in [0.4, 0.5) is 9.80 Å². The number of rotatable bonds is 7. The van der Waals surface area contributed by atoms with Gasteiger partial charge in [0.25, 0.3) is 0 Å². The molecule has 0 fully saturated rings. The number of hydrazone groups is 1. The van der Waals surface area contributed by atoms with Crippen LogP contribution in [0.25, 0.3) is 0 Å². The Labute approximate surface area is 171 Å². The molecule has 1 aromatic heterocycles. The Balaban J connectivity index is 2.17. The van der Waals surface area contributed by atoms with Crippen molar-refractivity contribution in [3.8, 4) is 5.75 Å². The average Bonchev–Trinajstić information content (AvgIpc) is 2.99. The van der Waals surface area contributed by atoms with Crippen LogP contribution in [0.2, 0.25) is 0 Å². The molecule has 0 atom stereocenters. The summed E-state index contributed by atoms with van der Waals surface area (Å²) in [7, 11) is 0. The van der Waals surface area contributed by atoms with Gasteiger partial charge in [-0.25, -0.2) is 19.8 Å². The van der Waals surface area contributed by atoms with Crippen LogP contribution in [-0.4, -0.2) is 42.5 Å². The molecule has 2 amide bonds. The molecule has 0 radical (unpaired) electrons. The number of urea groups is 1. The highest BCUT2D eigenvalue weighted by atomic mass is 32.1. The second kappa shape index (κ2) is 10.2. The van der Waals surface area contributed by atoms with Gasteiger partial charge in [-0.1, -0.05) is 0 Å². The Morgan fingerprint density at radius 3 is 2.34 bits per heavy atom. The van der Waals surface area contributed by atoms with Crippen LogP contribution in [0.3, 0.4) is 0 Å². The number of esters is 2. The lowest BCUT2D eigenvalue weighted by atomic mass is 10.1. The first-order valence-corrected chi connectivity index (χ1v) is 9.55. The molecule has 0 aliphatic rings. The number of anilines is 1. The van der Waals surface area contributed by atoms with Crippen molar-refractivity contribution in [2.75, 3.05) is 18.5 Å². The second-order valence-electron chi connectivity index (χ2n) is 5.62. The maximum atomic E-state index is 12.3. The van der Waals surface area contributed by atoms with Crippen molar-refractivity contribution in [3.63, 3.8) is 0 Å². The van der Waals surface area contributed by atoms with Gasteiger partial charge in [0.05, 0.1) is 25.0 Å². The number of aromatic hydroxyl groups is 1. The van der Waals surface area contributed by atoms with Gasteiger partial charge in [-0.2, -0.15) is 5.10 Å². The molecule has 1 aromatic carbocycles. The number of hydrogen-bond donors (Lipinski definition) is 3. The number of benzene rings is 1. The van der Waals surface area contributed by atoms with E-state index in [0.29, 0.717) is 11.1 Å². The summed E-state index contributed by atoms with van der Waals surface area (Å²) in [5, 5.41) is 15.7. The normalized spacial score (nSPS) is 10.6. The Morgan fingerprint density at radius 1 is 1.10 bits per heavy atom. The van der Waals surface area contributed by atoms with Crippen LogP contribution in [0.15, 0.2) is 29.4 Å². The summed E-state index contributed by atoms with van der Waals surface area (Å²) in [6, 6.07) is 5.50. The standard InChI is InChI=1S/C19H21N3O6S/c1-4-27-17(24)14-11(3)15(18(25)28-5-2)29-16(14)21-19(26)22-20-10-12-6-8-13(23)9-7-12/h6-10,23H,4-5H2,1-3H3,(H2,21,22,26). The van der Waals surface area contributed by atoms with Gasteiger partial charge in [-0.15, -0.1) is 11.3 Å². The molecule has 2 rings (SSSR count). The van der Waals surface area contributed by atoms with E-state index in [4.69, 9.17) is 9.47 Å². The molecule has 0 aliphatic heterocycles. The number of nitrogens with one attached hydrogen (secondary N) is 2. The van der Waals surface area contributed by atoms with E-state index >= 15 is 0 Å². The van der Waals surface area contributed by atoms with Gasteiger partial charge in [0.2, 0.25) is 0 Å². The van der Waals surface area contributed by atoms with E-state index in [0.717, 1.165) is 11.3 Å². The van der Waals surface area contributed by atoms with Crippen molar-refractivity contribution >= 4 is 40.5 Å². The third kappa shape index (κ3) is 5.79. The van der Waals surface area contributed by atoms with Crippen LogP contribution in [0.5, 0.6) is 5.75 Å². The Bertz CT molecular complexity index is 921. The van der Waals surface area contributed by atoms with Crippen LogP contribution in [0.1, 0.15) is 45.0 Å². The van der Waals surface area contributed by atoms with Crippen molar-refractivity contribution in [1.82, 2.24) is 5.43 Å². The molecule has 3 N–H and O–H groups in total. The van der Waals surface area contributed by atoms with Crippen molar-refractivity contribution in [2.24, 2.45) is 5.10 Å². The first-order valence-electron chi connectivity index (χ1n) is 8.74. The van der Waals surface area contributed by atoms with Crippen LogP contribution in [-0.2, 0) is 9.47 Å². The van der Waals surface area contributed by atoms with Crippen LogP contribution in [0, 0.1) is 6.92 Å². The largest absolute Gasteiger partial charge is 0.508 e. The molecule has 0 saturated carbocycles. The smallest absolute Gasteiger partial charge is 0.348 e. The van der Waals surface area contributed by atoms with Gasteiger partial charge >= 0.3 is 18.0 Å². The molecular formula is C19H21N3O6S. The number of nitrogens with zero attached hydrogens (tertiary/aromatic N) is 1. The van der Waals surface area contributed by atoms with Crippen molar-refractivity contribution in [2.45, 2.75) is 20.8 Å². The summed E-state index contributed by atoms with van der Waals surface area (Å²) in [5.41, 5.74) is 3.40. The zero-order chi connectivity index (χ0) is 21.4. The van der Waals surface area contributed by atoms with E-state index < -0.39 is 18.0 Å². The topological polar surface area (TPSA) is 126 Å². The average molecular weight is 419 g/mol. The van der Waals surface area contributed by atoms with E-state index in [2.05, 4.69) is 15.8 Å². The number of carbonyl (C=O) groups excluding carboxylic acids is 3. The van der Waals surface area contributed by atoms with E-state index in [1.807, 2.05) is 0 Å². The summed E-state index contributed by atoms with van der Waals surface area (Å²) in [6.07, 6.45) is 1.38. The van der Waals surface area contributed by atoms with E-state index in [9.17, 15) is 19.5 Å². The number of ether oxygens (including phenoxy) is 2. The van der Waals surface area contributed by atoms with E-state index in [1.54, 1.807) is 32.9 Å². The highest BCUT2D eigenvalue weighted by Gasteiger charge is 2.27. The third-order valence-electron chi connectivity index (χ3n) is 3.59. The predicted molar refractivity (Wildman–Crippen MR) is 109 cm³/mol. The fourth-order valence-electron chi connectivity index (χ4n) is 2.30. The summed E-state index contributed by atoms with van der Waals surface area (Å²) < 4.78 is 10.0. The Hall–Kier alpha value is -3.40. The lowest BCUT2D eigenvalue weighted by Crippen LogP contribution is -2.24. The number of carbonyl (C=O) groups is 3. The highest BCUT2D eigenvalue weighted by Crippen LogP contribution is 2.34. The fraction of sp³-hybridized carbons (Fsp3) is 0.263. The van der Waals surface area contributed by atoms with E-state index in [-0.39, 0.29) is 34.4 Å². The molecular weight excluding hydrogens is 398 g/mol. The Morgan fingerprint density at radius 2 is 1.72 bits per heavy atom. The Kier molecular flexibility index (Phi) is 7.72. The van der Waals surface area contributed by atoms with Gasteiger partial charge in [-0.05, 0) is 56.2 Å². The molecule has 0 spiro atoms. The lowest BCUT2D eigenvalue weighted by Gasteiger charge is -2.06. The van der Waals surface area contributed by atoms with E-state index in [1.165, 1.54) is 18.3 Å². The monoisotopic (exact) mass is 419 g/mol. The first-order chi connectivity index (χ1) is 13.9. The minimum absolute atomic E-state index is 0.0950. The summed E-state index contributed by atoms with van der Waals surface area (Å²) in [6.45, 7) is 5.24. The quantitative estimate of drug-likeness (QED) is 0.359. The zero-order valence-corrected chi connectivity index (χ0v) is 17.0. The number of phenolic OH excluding ortho intramolecular Hbond substituents is 1. The summed E-state index contributed by atoms with van der Waals surface area (Å²) in [5.74, 6) is -1.12. The second-order valence-corrected chi connectivity index (χ2v) is 6.64. The minimum atomic E-state index is -0.706. The fourth-order valence-corrected chi connectivity index (χ4v) is 3.38. The van der Waals surface area contributed by atoms with Gasteiger partial charge in [0.15, 0.2) is 0 Å². The summed E-state index contributed by atoms with van der Waals surface area (Å²) >= 11 is 0.921. The molecule has 154 valence electrons. The highest BCUT2D eigenvalue weighted by molar-refractivity contribution is 7.18. The number of phenols is 1.